The lowest BCUT2D eigenvalue weighted by atomic mass is 9.84. The van der Waals surface area contributed by atoms with Crippen LogP contribution in [0.25, 0.3) is 33.8 Å². The summed E-state index contributed by atoms with van der Waals surface area (Å²) >= 11 is 0. The highest BCUT2D eigenvalue weighted by Gasteiger charge is 2.33. The van der Waals surface area contributed by atoms with Crippen molar-refractivity contribution in [3.63, 3.8) is 0 Å². The first-order valence-corrected chi connectivity index (χ1v) is 37.3. The highest BCUT2D eigenvalue weighted by Crippen LogP contribution is 2.40. The zero-order chi connectivity index (χ0) is 71.8. The molecule has 0 radical (unpaired) electrons. The predicted octanol–water partition coefficient (Wildman–Crippen LogP) is 10.8. The van der Waals surface area contributed by atoms with Gasteiger partial charge >= 0.3 is 0 Å². The number of nitrogens with one attached hydrogen (secondary N) is 1. The van der Waals surface area contributed by atoms with E-state index in [-0.39, 0.29) is 65.0 Å². The predicted molar refractivity (Wildman–Crippen MR) is 392 cm³/mol. The molecular formula is C75H97N19O7S. The van der Waals surface area contributed by atoms with Crippen molar-refractivity contribution in [2.24, 2.45) is 0 Å². The van der Waals surface area contributed by atoms with Crippen LogP contribution in [0.2, 0.25) is 0 Å². The molecule has 0 amide bonds. The fraction of sp³-hybridized carbons (Fsp3) is 0.480. The topological polar surface area (TPSA) is 333 Å². The third-order valence-corrected chi connectivity index (χ3v) is 22.6. The Morgan fingerprint density at radius 2 is 0.833 bits per heavy atom. The average Bonchev–Trinajstić information content (AvgIpc) is 1.12. The molecule has 2 atom stereocenters. The second-order valence-corrected chi connectivity index (χ2v) is 31.6. The molecule has 9 N–H and O–H groups in total. The van der Waals surface area contributed by atoms with Crippen molar-refractivity contribution in [2.75, 3.05) is 63.7 Å². The summed E-state index contributed by atoms with van der Waals surface area (Å²) in [7, 11) is 3.21. The number of hydrogen-bond donors (Lipinski definition) is 6. The largest absolute Gasteiger partial charge is 0.433 e. The van der Waals surface area contributed by atoms with Gasteiger partial charge in [0.2, 0.25) is 10.0 Å². The highest BCUT2D eigenvalue weighted by molar-refractivity contribution is 7.89. The Balaban J connectivity index is 0.000000137. The second-order valence-electron chi connectivity index (χ2n) is 29.5. The van der Waals surface area contributed by atoms with Crippen LogP contribution in [-0.4, -0.2) is 156 Å². The van der Waals surface area contributed by atoms with E-state index < -0.39 is 21.2 Å². The lowest BCUT2D eigenvalue weighted by Gasteiger charge is -2.33. The van der Waals surface area contributed by atoms with E-state index in [9.17, 15) is 18.6 Å². The number of aromatic nitrogens is 12. The van der Waals surface area contributed by atoms with Gasteiger partial charge in [-0.05, 0) is 239 Å². The standard InChI is InChI=1S/C25H33N7O3S.2C25H32N6O2/c1-4-36(33,34)30-19-5-6-20(11-19)32-15-21(12-28-32)35-25-24(26)27-13-23(29-25)17-9-16(2)22-7-8-31(3)14-18(22)10-17;2*1-16-10-17(11-18-14-30(3)9-6-21(16)18)22-13-27-23(26)24(29-22)33-20-12-28-31(15-20)19-4-7-25(2,32)8-5-19/h9-10,12-13,15,19-20,30H,4-8,11,14H2,1-3H3,(H2,26,27);2*10-13,15,19,32H,4-9,14H2,1-3H3,(H2,26,27). The Morgan fingerprint density at radius 1 is 0.500 bits per heavy atom. The van der Waals surface area contributed by atoms with Crippen molar-refractivity contribution in [1.82, 2.24) is 78.7 Å². The van der Waals surface area contributed by atoms with E-state index in [4.69, 9.17) is 41.4 Å². The molecule has 26 nitrogen and oxygen atoms in total. The number of ether oxygens (including phenoxy) is 3. The van der Waals surface area contributed by atoms with E-state index in [1.54, 1.807) is 50.3 Å². The Hall–Kier alpha value is -8.96. The van der Waals surface area contributed by atoms with Gasteiger partial charge in [-0.25, -0.2) is 43.0 Å². The Labute approximate surface area is 597 Å². The molecule has 3 aliphatic heterocycles. The van der Waals surface area contributed by atoms with Crippen molar-refractivity contribution in [2.45, 2.75) is 186 Å². The molecule has 6 aliphatic rings. The van der Waals surface area contributed by atoms with E-state index in [1.807, 2.05) is 40.3 Å². The summed E-state index contributed by atoms with van der Waals surface area (Å²) in [6, 6.07) is 13.6. The minimum atomic E-state index is -3.22. The molecule has 3 aliphatic carbocycles. The number of likely N-dealkylation sites (N-methyl/N-ethyl adjacent to an activating group) is 3. The molecular weight excluding hydrogens is 1310 g/mol. The maximum Gasteiger partial charge on any atom is 0.263 e. The van der Waals surface area contributed by atoms with Gasteiger partial charge in [-0.2, -0.15) is 15.3 Å². The number of aryl methyl sites for hydroxylation is 3. The smallest absolute Gasteiger partial charge is 0.263 e. The molecule has 0 saturated heterocycles. The van der Waals surface area contributed by atoms with Gasteiger partial charge < -0.3 is 56.3 Å². The SMILES string of the molecule is CCS(=O)(=O)NC1CCC(n2cc(Oc3nc(-c4cc(C)c5c(c4)CN(C)CC5)cnc3N)cn2)C1.Cc1cc(-c2cnc(N)c(Oc3cnn(C4CCC(C)(O)CC4)c3)n2)cc2c1CCN(C)C2.Cc1cc(-c2cnc(N)c(Oc3cnn(C4CCC(C)(O)CC4)c3)n2)cc2c1CCN(C)C2. The highest BCUT2D eigenvalue weighted by atomic mass is 32.2. The molecule has 9 aromatic rings. The number of hydrogen-bond acceptors (Lipinski definition) is 22. The van der Waals surface area contributed by atoms with Crippen LogP contribution in [0.5, 0.6) is 34.9 Å². The zero-order valence-corrected chi connectivity index (χ0v) is 60.9. The molecule has 0 bridgehead atoms. The third kappa shape index (κ3) is 16.9. The van der Waals surface area contributed by atoms with Crippen LogP contribution in [0, 0.1) is 20.8 Å². The molecule has 15 rings (SSSR count). The summed E-state index contributed by atoms with van der Waals surface area (Å²) in [5.41, 5.74) is 34.4. The molecule has 3 saturated carbocycles. The third-order valence-electron chi connectivity index (χ3n) is 21.1. The Kier molecular flexibility index (Phi) is 20.9. The molecule has 3 fully saturated rings. The first kappa shape index (κ1) is 71.4. The lowest BCUT2D eigenvalue weighted by Crippen LogP contribution is -2.34. The van der Waals surface area contributed by atoms with Crippen LogP contribution < -0.4 is 36.1 Å². The average molecular weight is 1410 g/mol. The van der Waals surface area contributed by atoms with Crippen LogP contribution >= 0.6 is 0 Å². The van der Waals surface area contributed by atoms with Crippen LogP contribution in [0.15, 0.2) is 92.2 Å². The molecule has 2 unspecified atom stereocenters. The van der Waals surface area contributed by atoms with Gasteiger partial charge in [-0.3, -0.25) is 14.0 Å². The van der Waals surface area contributed by atoms with Crippen molar-refractivity contribution < 1.29 is 32.8 Å². The minimum absolute atomic E-state index is 0.0772. The minimum Gasteiger partial charge on any atom is -0.433 e. The fourth-order valence-corrected chi connectivity index (χ4v) is 16.0. The summed E-state index contributed by atoms with van der Waals surface area (Å²) in [5, 5.41) is 33.8. The van der Waals surface area contributed by atoms with E-state index in [2.05, 4.69) is 133 Å². The van der Waals surface area contributed by atoms with Crippen LogP contribution in [0.3, 0.4) is 0 Å². The number of nitrogens with two attached hydrogens (primary N) is 3. The molecule has 0 spiro atoms. The number of anilines is 3. The number of nitrogen functional groups attached to an aromatic ring is 3. The van der Waals surface area contributed by atoms with Gasteiger partial charge in [0.1, 0.15) is 0 Å². The van der Waals surface area contributed by atoms with E-state index in [0.717, 1.165) is 151 Å². The first-order chi connectivity index (χ1) is 48.7. The van der Waals surface area contributed by atoms with E-state index in [0.29, 0.717) is 29.4 Å². The maximum atomic E-state index is 11.9. The van der Waals surface area contributed by atoms with E-state index >= 15 is 0 Å². The summed E-state index contributed by atoms with van der Waals surface area (Å²) in [6.45, 7) is 17.9. The molecule has 27 heteroatoms. The number of sulfonamides is 1. The monoisotopic (exact) mass is 1410 g/mol. The van der Waals surface area contributed by atoms with E-state index in [1.165, 1.54) is 50.1 Å². The second kappa shape index (κ2) is 29.8. The van der Waals surface area contributed by atoms with Gasteiger partial charge in [0, 0.05) is 62.0 Å². The summed E-state index contributed by atoms with van der Waals surface area (Å²) < 4.78 is 50.2. The molecule has 9 heterocycles. The number of nitrogens with zero attached hydrogens (tertiary/aromatic N) is 15. The molecule has 102 heavy (non-hydrogen) atoms. The van der Waals surface area contributed by atoms with Crippen molar-refractivity contribution in [3.05, 3.63) is 142 Å². The van der Waals surface area contributed by atoms with Crippen LogP contribution in [-0.2, 0) is 48.9 Å². The van der Waals surface area contributed by atoms with Gasteiger partial charge in [-0.15, -0.1) is 0 Å². The first-order valence-electron chi connectivity index (χ1n) is 35.7. The number of benzene rings is 3. The van der Waals surface area contributed by atoms with Gasteiger partial charge in [0.25, 0.3) is 17.6 Å². The van der Waals surface area contributed by atoms with Gasteiger partial charge in [0.15, 0.2) is 34.7 Å². The fourth-order valence-electron chi connectivity index (χ4n) is 15.1. The Morgan fingerprint density at radius 3 is 1.17 bits per heavy atom. The number of aliphatic hydroxyl groups is 2. The summed E-state index contributed by atoms with van der Waals surface area (Å²) in [6.07, 6.45) is 27.7. The quantitative estimate of drug-likeness (QED) is 0.0555. The van der Waals surface area contributed by atoms with Gasteiger partial charge in [-0.1, -0.05) is 0 Å². The summed E-state index contributed by atoms with van der Waals surface area (Å²) in [4.78, 5) is 34.1. The van der Waals surface area contributed by atoms with Crippen LogP contribution in [0.1, 0.15) is 160 Å². The summed E-state index contributed by atoms with van der Waals surface area (Å²) in [5.74, 6) is 3.24. The Bertz CT molecular complexity index is 4420. The van der Waals surface area contributed by atoms with Crippen molar-refractivity contribution in [3.8, 4) is 68.7 Å². The number of fused-ring (bicyclic) bond motifs is 3. The molecule has 540 valence electrons. The van der Waals surface area contributed by atoms with Crippen LogP contribution in [0.4, 0.5) is 17.5 Å². The molecule has 3 aromatic carbocycles. The lowest BCUT2D eigenvalue weighted by molar-refractivity contribution is 0.00807. The maximum absolute atomic E-state index is 11.9. The van der Waals surface area contributed by atoms with Crippen molar-refractivity contribution in [1.29, 1.82) is 0 Å². The van der Waals surface area contributed by atoms with Crippen molar-refractivity contribution >= 4 is 27.5 Å². The normalized spacial score (nSPS) is 22.3. The van der Waals surface area contributed by atoms with Gasteiger partial charge in [0.05, 0.1) is 108 Å². The number of rotatable bonds is 15. The zero-order valence-electron chi connectivity index (χ0n) is 60.1. The molecule has 6 aromatic heterocycles.